The number of carboxylic acid groups (broad SMARTS) is 1. The van der Waals surface area contributed by atoms with Crippen LogP contribution in [-0.2, 0) is 17.6 Å². The molecule has 0 spiro atoms. The van der Waals surface area contributed by atoms with Gasteiger partial charge in [-0.25, -0.2) is 0 Å². The average molecular weight is 310 g/mol. The summed E-state index contributed by atoms with van der Waals surface area (Å²) in [6.45, 7) is 6.17. The van der Waals surface area contributed by atoms with Gasteiger partial charge in [0, 0.05) is 10.4 Å². The number of fused-ring (bicyclic) bond motifs is 1. The van der Waals surface area contributed by atoms with Gasteiger partial charge in [-0.1, -0.05) is 0 Å². The van der Waals surface area contributed by atoms with Crippen molar-refractivity contribution in [2.24, 2.45) is 0 Å². The van der Waals surface area contributed by atoms with Crippen LogP contribution in [0.15, 0.2) is 0 Å². The van der Waals surface area contributed by atoms with E-state index >= 15 is 0 Å². The van der Waals surface area contributed by atoms with E-state index in [1.54, 1.807) is 0 Å². The van der Waals surface area contributed by atoms with Gasteiger partial charge in [0.1, 0.15) is 5.00 Å². The molecule has 2 N–H and O–H groups in total. The van der Waals surface area contributed by atoms with E-state index in [2.05, 4.69) is 5.32 Å². The Morgan fingerprint density at radius 2 is 1.90 bits per heavy atom. The van der Waals surface area contributed by atoms with Crippen molar-refractivity contribution in [1.82, 2.24) is 0 Å². The minimum atomic E-state index is -1.18. The zero-order chi connectivity index (χ0) is 15.4. The largest absolute Gasteiger partial charge is 0.545 e. The summed E-state index contributed by atoms with van der Waals surface area (Å²) >= 11 is 1.40. The minimum absolute atomic E-state index is 0.130. The summed E-state index contributed by atoms with van der Waals surface area (Å²) < 4.78 is 0. The van der Waals surface area contributed by atoms with E-state index in [1.165, 1.54) is 16.2 Å². The molecule has 5 nitrogen and oxygen atoms in total. The van der Waals surface area contributed by atoms with Gasteiger partial charge in [-0.15, -0.1) is 11.3 Å². The fourth-order valence-corrected chi connectivity index (χ4v) is 4.06. The number of hydrogen-bond acceptors (Lipinski definition) is 4. The molecule has 0 radical (unpaired) electrons. The molecule has 1 aromatic heterocycles. The maximum absolute atomic E-state index is 12.1. The number of hydrogen-bond donors (Lipinski definition) is 2. The number of rotatable bonds is 6. The monoisotopic (exact) mass is 310 g/mol. The van der Waals surface area contributed by atoms with Crippen molar-refractivity contribution in [2.45, 2.75) is 39.5 Å². The number of thiophene rings is 1. The molecule has 0 saturated heterocycles. The van der Waals surface area contributed by atoms with E-state index in [9.17, 15) is 14.7 Å². The molecule has 0 unspecified atom stereocenters. The fraction of sp³-hybridized carbons (Fsp3) is 0.600. The van der Waals surface area contributed by atoms with E-state index in [0.29, 0.717) is 11.5 Å². The maximum atomic E-state index is 12.1. The third kappa shape index (κ3) is 3.63. The number of nitrogens with one attached hydrogen (secondary N) is 2. The molecule has 0 aromatic carbocycles. The highest BCUT2D eigenvalue weighted by molar-refractivity contribution is 7.17. The van der Waals surface area contributed by atoms with Crippen molar-refractivity contribution in [3.63, 3.8) is 0 Å². The van der Waals surface area contributed by atoms with Crippen LogP contribution in [0.4, 0.5) is 5.00 Å². The normalized spacial score (nSPS) is 14.0. The summed E-state index contributed by atoms with van der Waals surface area (Å²) in [7, 11) is 0. The van der Waals surface area contributed by atoms with Gasteiger partial charge < -0.3 is 20.1 Å². The molecule has 116 valence electrons. The summed E-state index contributed by atoms with van der Waals surface area (Å²) in [5, 5.41) is 14.7. The van der Waals surface area contributed by atoms with E-state index < -0.39 is 5.97 Å². The molecule has 1 aliphatic rings. The average Bonchev–Trinajstić information content (AvgIpc) is 2.82. The molecular formula is C15H22N2O3S. The standard InChI is InChI=1S/C15H22N2O3S/c1-3-17(4-2)9-12(18)16-14-13(15(19)20)10-7-5-6-8-11(10)21-14/h3-9H2,1-2H3,(H,16,18)(H,19,20). The highest BCUT2D eigenvalue weighted by atomic mass is 32.1. The number of quaternary nitrogens is 1. The third-order valence-electron chi connectivity index (χ3n) is 4.04. The van der Waals surface area contributed by atoms with Crippen LogP contribution in [0.25, 0.3) is 0 Å². The molecule has 0 aliphatic heterocycles. The first-order valence-corrected chi connectivity index (χ1v) is 8.37. The van der Waals surface area contributed by atoms with Crippen LogP contribution < -0.4 is 15.3 Å². The Morgan fingerprint density at radius 3 is 2.52 bits per heavy atom. The van der Waals surface area contributed by atoms with Crippen molar-refractivity contribution in [3.8, 4) is 0 Å². The van der Waals surface area contributed by atoms with E-state index in [0.717, 1.165) is 49.2 Å². The first-order valence-electron chi connectivity index (χ1n) is 7.56. The molecular weight excluding hydrogens is 288 g/mol. The summed E-state index contributed by atoms with van der Waals surface area (Å²) in [5.74, 6) is -1.31. The topological polar surface area (TPSA) is 73.7 Å². The zero-order valence-corrected chi connectivity index (χ0v) is 13.4. The van der Waals surface area contributed by atoms with Gasteiger partial charge >= 0.3 is 0 Å². The quantitative estimate of drug-likeness (QED) is 0.768. The van der Waals surface area contributed by atoms with Gasteiger partial charge in [0.05, 0.1) is 19.1 Å². The van der Waals surface area contributed by atoms with Crippen molar-refractivity contribution in [1.29, 1.82) is 0 Å². The predicted molar refractivity (Wildman–Crippen MR) is 80.8 cm³/mol. The summed E-state index contributed by atoms with van der Waals surface area (Å²) in [4.78, 5) is 25.8. The Hall–Kier alpha value is -1.40. The number of aryl methyl sites for hydroxylation is 1. The molecule has 0 fully saturated rings. The fourth-order valence-electron chi connectivity index (χ4n) is 2.77. The van der Waals surface area contributed by atoms with Gasteiger partial charge in [-0.05, 0) is 45.1 Å². The maximum Gasteiger partial charge on any atom is 0.280 e. The highest BCUT2D eigenvalue weighted by Crippen LogP contribution is 2.37. The first-order chi connectivity index (χ1) is 10.1. The molecule has 21 heavy (non-hydrogen) atoms. The first kappa shape index (κ1) is 16.0. The van der Waals surface area contributed by atoms with Gasteiger partial charge in [-0.2, -0.15) is 0 Å². The van der Waals surface area contributed by atoms with Crippen molar-refractivity contribution >= 4 is 28.2 Å². The Labute approximate surface area is 129 Å². The van der Waals surface area contributed by atoms with Crippen LogP contribution in [0.3, 0.4) is 0 Å². The van der Waals surface area contributed by atoms with Crippen LogP contribution in [0.2, 0.25) is 0 Å². The predicted octanol–water partition coefficient (Wildman–Crippen LogP) is -0.146. The Kier molecular flexibility index (Phi) is 5.36. The molecule has 0 saturated carbocycles. The van der Waals surface area contributed by atoms with Crippen molar-refractivity contribution in [3.05, 3.63) is 16.0 Å². The second-order valence-corrected chi connectivity index (χ2v) is 6.49. The van der Waals surface area contributed by atoms with Gasteiger partial charge in [0.2, 0.25) is 0 Å². The van der Waals surface area contributed by atoms with Crippen LogP contribution in [0.1, 0.15) is 47.5 Å². The zero-order valence-electron chi connectivity index (χ0n) is 12.6. The Balaban J connectivity index is 2.18. The van der Waals surface area contributed by atoms with Crippen molar-refractivity contribution in [2.75, 3.05) is 25.0 Å². The Bertz CT molecular complexity index is 535. The smallest absolute Gasteiger partial charge is 0.280 e. The van der Waals surface area contributed by atoms with Crippen LogP contribution in [-0.4, -0.2) is 31.5 Å². The second-order valence-electron chi connectivity index (χ2n) is 5.38. The van der Waals surface area contributed by atoms with Gasteiger partial charge in [0.25, 0.3) is 5.91 Å². The van der Waals surface area contributed by atoms with Gasteiger partial charge in [-0.3, -0.25) is 4.79 Å². The number of carbonyl (C=O) groups is 2. The summed E-state index contributed by atoms with van der Waals surface area (Å²) in [5.41, 5.74) is 1.08. The highest BCUT2D eigenvalue weighted by Gasteiger charge is 2.23. The minimum Gasteiger partial charge on any atom is -0.545 e. The van der Waals surface area contributed by atoms with E-state index in [4.69, 9.17) is 0 Å². The number of aromatic carboxylic acids is 1. The molecule has 1 aromatic rings. The molecule has 0 bridgehead atoms. The number of carbonyl (C=O) groups excluding carboxylic acids is 2. The SMILES string of the molecule is CC[NH+](CC)CC(=O)Nc1sc2c(c1C(=O)[O-])CCCC2. The lowest BCUT2D eigenvalue weighted by molar-refractivity contribution is -0.888. The molecule has 1 aliphatic carbocycles. The molecule has 6 heteroatoms. The number of anilines is 1. The molecule has 1 amide bonds. The summed E-state index contributed by atoms with van der Waals surface area (Å²) in [6.07, 6.45) is 3.75. The van der Waals surface area contributed by atoms with Crippen LogP contribution in [0.5, 0.6) is 0 Å². The summed E-state index contributed by atoms with van der Waals surface area (Å²) in [6, 6.07) is 0. The number of amides is 1. The van der Waals surface area contributed by atoms with E-state index in [1.807, 2.05) is 13.8 Å². The van der Waals surface area contributed by atoms with E-state index in [-0.39, 0.29) is 11.5 Å². The third-order valence-corrected chi connectivity index (χ3v) is 5.25. The molecule has 0 atom stereocenters. The lowest BCUT2D eigenvalue weighted by atomic mass is 9.95. The van der Waals surface area contributed by atoms with Gasteiger partial charge in [0.15, 0.2) is 6.54 Å². The molecule has 1 heterocycles. The Morgan fingerprint density at radius 1 is 1.24 bits per heavy atom. The second kappa shape index (κ2) is 7.04. The van der Waals surface area contributed by atoms with Crippen molar-refractivity contribution < 1.29 is 19.6 Å². The lowest BCUT2D eigenvalue weighted by Crippen LogP contribution is -3.12. The lowest BCUT2D eigenvalue weighted by Gasteiger charge is -2.15. The van der Waals surface area contributed by atoms with Crippen LogP contribution in [0, 0.1) is 0 Å². The molecule has 2 rings (SSSR count). The van der Waals surface area contributed by atoms with Crippen LogP contribution >= 0.6 is 11.3 Å². The number of likely N-dealkylation sites (N-methyl/N-ethyl adjacent to an activating group) is 1. The number of carboxylic acids is 1.